The lowest BCUT2D eigenvalue weighted by Gasteiger charge is -2.27. The summed E-state index contributed by atoms with van der Waals surface area (Å²) in [6.07, 6.45) is 1.31. The summed E-state index contributed by atoms with van der Waals surface area (Å²) in [5.41, 5.74) is 1.37. The van der Waals surface area contributed by atoms with Gasteiger partial charge in [-0.05, 0) is 35.4 Å². The summed E-state index contributed by atoms with van der Waals surface area (Å²) < 4.78 is 39.8. The number of ether oxygens (including phenoxy) is 2. The summed E-state index contributed by atoms with van der Waals surface area (Å²) in [4.78, 5) is 3.74. The van der Waals surface area contributed by atoms with Crippen LogP contribution in [-0.4, -0.2) is 43.4 Å². The lowest BCUT2D eigenvalue weighted by molar-refractivity contribution is 0.125. The highest BCUT2D eigenvalue weighted by atomic mass is 35.5. The van der Waals surface area contributed by atoms with Crippen molar-refractivity contribution in [2.45, 2.75) is 37.0 Å². The van der Waals surface area contributed by atoms with Gasteiger partial charge in [0.15, 0.2) is 32.8 Å². The summed E-state index contributed by atoms with van der Waals surface area (Å²) in [5, 5.41) is 10.1. The third-order valence-corrected chi connectivity index (χ3v) is 7.17. The molecule has 0 fully saturated rings. The fraction of sp³-hybridized carbons (Fsp3) is 0.348. The first kappa shape index (κ1) is 26.6. The van der Waals surface area contributed by atoms with Gasteiger partial charge in [0.05, 0.1) is 15.9 Å². The Morgan fingerprint density at radius 3 is 2.26 bits per heavy atom. The van der Waals surface area contributed by atoms with Crippen molar-refractivity contribution in [2.24, 2.45) is 0 Å². The number of alkyl halides is 1. The van der Waals surface area contributed by atoms with E-state index in [1.54, 1.807) is 24.3 Å². The Bertz CT molecular complexity index is 1220. The van der Waals surface area contributed by atoms with Crippen LogP contribution in [0.4, 0.5) is 0 Å². The average molecular weight is 549 g/mol. The number of rotatable bonds is 10. The smallest absolute Gasteiger partial charge is 0.200 e. The summed E-state index contributed by atoms with van der Waals surface area (Å²) in [6.45, 7) is 3.95. The van der Waals surface area contributed by atoms with Crippen molar-refractivity contribution in [2.75, 3.05) is 18.7 Å². The minimum atomic E-state index is -3.50. The summed E-state index contributed by atoms with van der Waals surface area (Å²) >= 11 is 18.4. The van der Waals surface area contributed by atoms with Gasteiger partial charge in [-0.25, -0.2) is 13.4 Å². The average Bonchev–Trinajstić information content (AvgIpc) is 3.26. The van der Waals surface area contributed by atoms with Gasteiger partial charge in [-0.15, -0.1) is 11.6 Å². The Hall–Kier alpha value is -1.97. The largest absolute Gasteiger partial charge is 0.488 e. The number of oxazole rings is 1. The molecule has 7 nitrogen and oxygen atoms in total. The third kappa shape index (κ3) is 6.17. The SMILES string of the molecule is CC(C)(c1ccc(OCc2ocnc2S(C)(=O)=O)cc1)c1cc(Cl)c(OCC(O)CCl)c(Cl)c1. The fourth-order valence-corrected chi connectivity index (χ4v) is 4.66. The Labute approximate surface area is 213 Å². The molecule has 0 aliphatic carbocycles. The van der Waals surface area contributed by atoms with E-state index in [4.69, 9.17) is 48.7 Å². The molecule has 0 amide bonds. The molecule has 0 radical (unpaired) electrons. The second-order valence-electron chi connectivity index (χ2n) is 8.18. The zero-order valence-corrected chi connectivity index (χ0v) is 21.8. The lowest BCUT2D eigenvalue weighted by Crippen LogP contribution is -2.20. The number of hydrogen-bond acceptors (Lipinski definition) is 7. The van der Waals surface area contributed by atoms with Crippen molar-refractivity contribution in [1.82, 2.24) is 4.98 Å². The van der Waals surface area contributed by atoms with Crippen LogP contribution in [0.15, 0.2) is 52.2 Å². The Morgan fingerprint density at radius 2 is 1.71 bits per heavy atom. The Kier molecular flexibility index (Phi) is 8.42. The number of sulfone groups is 1. The van der Waals surface area contributed by atoms with Gasteiger partial charge in [-0.3, -0.25) is 0 Å². The maximum Gasteiger partial charge on any atom is 0.200 e. The number of aliphatic hydroxyl groups is 1. The van der Waals surface area contributed by atoms with Crippen molar-refractivity contribution >= 4 is 44.6 Å². The van der Waals surface area contributed by atoms with Crippen molar-refractivity contribution < 1.29 is 27.4 Å². The van der Waals surface area contributed by atoms with Gasteiger partial charge in [-0.1, -0.05) is 49.2 Å². The van der Waals surface area contributed by atoms with Crippen LogP contribution in [0, 0.1) is 0 Å². The molecule has 2 aromatic carbocycles. The summed E-state index contributed by atoms with van der Waals surface area (Å²) in [7, 11) is -3.50. The zero-order valence-electron chi connectivity index (χ0n) is 18.7. The highest BCUT2D eigenvalue weighted by Gasteiger charge is 2.26. The number of nitrogens with zero attached hydrogens (tertiary/aromatic N) is 1. The van der Waals surface area contributed by atoms with E-state index in [-0.39, 0.29) is 35.6 Å². The molecule has 1 aromatic heterocycles. The van der Waals surface area contributed by atoms with Crippen molar-refractivity contribution in [1.29, 1.82) is 0 Å². The van der Waals surface area contributed by atoms with Gasteiger partial charge in [0.2, 0.25) is 0 Å². The molecule has 0 aliphatic rings. The molecule has 3 aromatic rings. The molecular formula is C23H24Cl3NO6S. The quantitative estimate of drug-likeness (QED) is 0.345. The van der Waals surface area contributed by atoms with Gasteiger partial charge in [0.25, 0.3) is 0 Å². The monoisotopic (exact) mass is 547 g/mol. The van der Waals surface area contributed by atoms with Crippen LogP contribution in [0.2, 0.25) is 10.0 Å². The predicted molar refractivity (Wildman–Crippen MR) is 131 cm³/mol. The first-order valence-corrected chi connectivity index (χ1v) is 13.3. The molecule has 1 N–H and O–H groups in total. The first-order valence-electron chi connectivity index (χ1n) is 10.2. The maximum absolute atomic E-state index is 11.7. The number of hydrogen-bond donors (Lipinski definition) is 1. The number of aliphatic hydroxyl groups excluding tert-OH is 1. The van der Waals surface area contributed by atoms with E-state index in [0.29, 0.717) is 15.8 Å². The van der Waals surface area contributed by atoms with Crippen molar-refractivity contribution in [3.8, 4) is 11.5 Å². The van der Waals surface area contributed by atoms with E-state index >= 15 is 0 Å². The molecule has 0 spiro atoms. The van der Waals surface area contributed by atoms with E-state index in [2.05, 4.69) is 4.98 Å². The van der Waals surface area contributed by atoms with Crippen LogP contribution in [0.1, 0.15) is 30.7 Å². The van der Waals surface area contributed by atoms with Gasteiger partial charge >= 0.3 is 0 Å². The molecule has 1 unspecified atom stereocenters. The second-order valence-corrected chi connectivity index (χ2v) is 11.2. The first-order chi connectivity index (χ1) is 15.9. The highest BCUT2D eigenvalue weighted by Crippen LogP contribution is 2.40. The Morgan fingerprint density at radius 1 is 1.09 bits per heavy atom. The van der Waals surface area contributed by atoms with Gasteiger partial charge in [-0.2, -0.15) is 0 Å². The second kappa shape index (κ2) is 10.7. The molecule has 0 saturated carbocycles. The van der Waals surface area contributed by atoms with Crippen molar-refractivity contribution in [3.63, 3.8) is 0 Å². The normalized spacial score (nSPS) is 13.0. The van der Waals surface area contributed by atoms with Crippen LogP contribution in [0.3, 0.4) is 0 Å². The van der Waals surface area contributed by atoms with Crippen LogP contribution < -0.4 is 9.47 Å². The summed E-state index contributed by atoms with van der Waals surface area (Å²) in [5.74, 6) is 0.999. The topological polar surface area (TPSA) is 98.9 Å². The molecule has 1 heterocycles. The van der Waals surface area contributed by atoms with E-state index < -0.39 is 21.4 Å². The molecule has 34 heavy (non-hydrogen) atoms. The van der Waals surface area contributed by atoms with E-state index in [1.807, 2.05) is 26.0 Å². The Balaban J connectivity index is 1.75. The minimum Gasteiger partial charge on any atom is -0.488 e. The minimum absolute atomic E-state index is 0.0209. The molecule has 11 heteroatoms. The molecule has 3 rings (SSSR count). The number of aromatic nitrogens is 1. The van der Waals surface area contributed by atoms with Crippen LogP contribution in [-0.2, 0) is 21.9 Å². The third-order valence-electron chi connectivity index (χ3n) is 5.22. The van der Waals surface area contributed by atoms with Gasteiger partial charge < -0.3 is 19.0 Å². The lowest BCUT2D eigenvalue weighted by atomic mass is 9.78. The molecule has 0 aliphatic heterocycles. The van der Waals surface area contributed by atoms with Gasteiger partial charge in [0.1, 0.15) is 25.1 Å². The number of benzene rings is 2. The molecule has 0 bridgehead atoms. The standard InChI is InChI=1S/C23H24Cl3NO6S/c1-23(2,15-8-18(25)21(19(26)9-15)32-11-16(28)10-24)14-4-6-17(7-5-14)31-12-20-22(27-13-33-20)34(3,29)30/h4-9,13,16,28H,10-12H2,1-3H3. The molecule has 1 atom stereocenters. The highest BCUT2D eigenvalue weighted by molar-refractivity contribution is 7.90. The predicted octanol–water partition coefficient (Wildman–Crippen LogP) is 5.27. The fourth-order valence-electron chi connectivity index (χ4n) is 3.22. The molecule has 0 saturated heterocycles. The molecule has 184 valence electrons. The van der Waals surface area contributed by atoms with Crippen molar-refractivity contribution in [3.05, 3.63) is 69.7 Å². The van der Waals surface area contributed by atoms with Crippen LogP contribution >= 0.6 is 34.8 Å². The van der Waals surface area contributed by atoms with E-state index in [1.165, 1.54) is 0 Å². The van der Waals surface area contributed by atoms with Gasteiger partial charge in [0, 0.05) is 11.7 Å². The maximum atomic E-state index is 11.7. The van der Waals surface area contributed by atoms with E-state index in [0.717, 1.165) is 23.8 Å². The van der Waals surface area contributed by atoms with Crippen LogP contribution in [0.25, 0.3) is 0 Å². The van der Waals surface area contributed by atoms with E-state index in [9.17, 15) is 13.5 Å². The zero-order chi connectivity index (χ0) is 25.1. The van der Waals surface area contributed by atoms with Crippen LogP contribution in [0.5, 0.6) is 11.5 Å². The molecular weight excluding hydrogens is 525 g/mol. The summed E-state index contributed by atoms with van der Waals surface area (Å²) in [6, 6.07) is 10.9. The number of halogens is 3.